The van der Waals surface area contributed by atoms with Gasteiger partial charge < -0.3 is 5.32 Å². The number of rotatable bonds is 2. The summed E-state index contributed by atoms with van der Waals surface area (Å²) in [6.07, 6.45) is 4.41. The summed E-state index contributed by atoms with van der Waals surface area (Å²) < 4.78 is 16.0. The van der Waals surface area contributed by atoms with E-state index in [1.54, 1.807) is 12.1 Å². The first-order chi connectivity index (χ1) is 9.15. The first-order valence-electron chi connectivity index (χ1n) is 5.28. The summed E-state index contributed by atoms with van der Waals surface area (Å²) in [6, 6.07) is 3.33. The molecule has 0 bridgehead atoms. The Bertz CT molecular complexity index is 752. The number of aromatic nitrogens is 4. The second-order valence-electron chi connectivity index (χ2n) is 3.77. The van der Waals surface area contributed by atoms with Gasteiger partial charge in [-0.2, -0.15) is 9.49 Å². The highest BCUT2D eigenvalue weighted by Crippen LogP contribution is 2.17. The number of carbonyl (C=O) groups excluding carboxylic acids is 1. The van der Waals surface area contributed by atoms with E-state index in [-0.39, 0.29) is 5.69 Å². The summed E-state index contributed by atoms with van der Waals surface area (Å²) in [5, 5.41) is 8.72. The largest absolute Gasteiger partial charge is 0.318 e. The molecule has 0 spiro atoms. The second-order valence-corrected chi connectivity index (χ2v) is 4.68. The molecule has 0 saturated carbocycles. The number of halogens is 2. The molecule has 0 unspecified atom stereocenters. The van der Waals surface area contributed by atoms with Gasteiger partial charge in [0.25, 0.3) is 5.91 Å². The smallest absolute Gasteiger partial charge is 0.279 e. The maximum Gasteiger partial charge on any atom is 0.279 e. The third-order valence-electron chi connectivity index (χ3n) is 2.50. The number of nitrogens with zero attached hydrogens (tertiary/aromatic N) is 3. The molecule has 0 aliphatic carbocycles. The monoisotopic (exact) mass is 323 g/mol. The molecule has 1 amide bonds. The number of carbonyl (C=O) groups is 1. The molecule has 6 nitrogen and oxygen atoms in total. The van der Waals surface area contributed by atoms with Crippen molar-refractivity contribution in [2.75, 3.05) is 5.32 Å². The molecule has 19 heavy (non-hydrogen) atoms. The molecule has 3 heterocycles. The number of anilines is 1. The van der Waals surface area contributed by atoms with Crippen molar-refractivity contribution in [2.45, 2.75) is 0 Å². The van der Waals surface area contributed by atoms with Crippen LogP contribution in [-0.2, 0) is 0 Å². The molecule has 8 heteroatoms. The fraction of sp³-hybridized carbons (Fsp3) is 0. The van der Waals surface area contributed by atoms with E-state index in [1.165, 1.54) is 23.0 Å². The van der Waals surface area contributed by atoms with E-state index in [2.05, 4.69) is 36.4 Å². The van der Waals surface area contributed by atoms with Crippen molar-refractivity contribution in [3.8, 4) is 0 Å². The van der Waals surface area contributed by atoms with Gasteiger partial charge in [0, 0.05) is 16.9 Å². The number of hydrogen-bond acceptors (Lipinski definition) is 3. The van der Waals surface area contributed by atoms with Crippen LogP contribution in [0.3, 0.4) is 0 Å². The molecular formula is C11H7BrFN5O. The lowest BCUT2D eigenvalue weighted by Gasteiger charge is -1.98. The van der Waals surface area contributed by atoms with Gasteiger partial charge in [-0.3, -0.25) is 14.3 Å². The van der Waals surface area contributed by atoms with E-state index in [0.717, 1.165) is 0 Å². The number of amides is 1. The molecule has 96 valence electrons. The zero-order valence-corrected chi connectivity index (χ0v) is 11.0. The third-order valence-corrected chi connectivity index (χ3v) is 2.96. The second kappa shape index (κ2) is 4.47. The minimum atomic E-state index is -0.711. The lowest BCUT2D eigenvalue weighted by Crippen LogP contribution is -2.13. The molecule has 3 rings (SSSR count). The van der Waals surface area contributed by atoms with Crippen LogP contribution in [0.5, 0.6) is 0 Å². The molecule has 0 atom stereocenters. The Balaban J connectivity index is 2.00. The Kier molecular flexibility index (Phi) is 2.79. The van der Waals surface area contributed by atoms with E-state index >= 15 is 0 Å². The van der Waals surface area contributed by atoms with Gasteiger partial charge in [0.15, 0.2) is 5.69 Å². The standard InChI is InChI=1S/C11H7BrFN5O/c12-6-1-2-8-17-9(10(13)18(8)5-6)11(19)16-7-3-14-15-4-7/h1-5H,(H,14,15)(H,16,19). The quantitative estimate of drug-likeness (QED) is 0.759. The molecule has 0 fully saturated rings. The van der Waals surface area contributed by atoms with E-state index < -0.39 is 11.9 Å². The van der Waals surface area contributed by atoms with Gasteiger partial charge in [-0.15, -0.1) is 0 Å². The Hall–Kier alpha value is -2.22. The van der Waals surface area contributed by atoms with Crippen LogP contribution in [0.1, 0.15) is 10.5 Å². The third kappa shape index (κ3) is 2.10. The van der Waals surface area contributed by atoms with Gasteiger partial charge in [-0.1, -0.05) is 0 Å². The van der Waals surface area contributed by atoms with E-state index in [9.17, 15) is 9.18 Å². The molecule has 3 aromatic heterocycles. The average Bonchev–Trinajstić information content (AvgIpc) is 2.98. The van der Waals surface area contributed by atoms with Crippen LogP contribution < -0.4 is 5.32 Å². The number of nitrogens with one attached hydrogen (secondary N) is 2. The summed E-state index contributed by atoms with van der Waals surface area (Å²) in [5.74, 6) is -1.34. The zero-order chi connectivity index (χ0) is 13.4. The summed E-state index contributed by atoms with van der Waals surface area (Å²) in [7, 11) is 0. The highest BCUT2D eigenvalue weighted by Gasteiger charge is 2.19. The van der Waals surface area contributed by atoms with Gasteiger partial charge >= 0.3 is 0 Å². The highest BCUT2D eigenvalue weighted by molar-refractivity contribution is 9.10. The van der Waals surface area contributed by atoms with Gasteiger partial charge in [0.05, 0.1) is 11.9 Å². The van der Waals surface area contributed by atoms with Crippen molar-refractivity contribution in [3.05, 3.63) is 46.8 Å². The number of pyridine rings is 1. The predicted octanol–water partition coefficient (Wildman–Crippen LogP) is 2.21. The van der Waals surface area contributed by atoms with Crippen LogP contribution in [0.25, 0.3) is 5.65 Å². The summed E-state index contributed by atoms with van der Waals surface area (Å²) in [4.78, 5) is 15.9. The maximum absolute atomic E-state index is 14.1. The number of imidazole rings is 1. The molecule has 0 radical (unpaired) electrons. The Morgan fingerprint density at radius 1 is 1.47 bits per heavy atom. The number of aromatic amines is 1. The fourth-order valence-corrected chi connectivity index (χ4v) is 1.98. The summed E-state index contributed by atoms with van der Waals surface area (Å²) in [6.45, 7) is 0. The molecule has 0 saturated heterocycles. The van der Waals surface area contributed by atoms with Crippen LogP contribution in [0, 0.1) is 5.95 Å². The van der Waals surface area contributed by atoms with Crippen molar-refractivity contribution >= 4 is 33.2 Å². The predicted molar refractivity (Wildman–Crippen MR) is 69.4 cm³/mol. The molecule has 0 aliphatic heterocycles. The van der Waals surface area contributed by atoms with Crippen LogP contribution in [-0.4, -0.2) is 25.5 Å². The first kappa shape index (κ1) is 11.8. The maximum atomic E-state index is 14.1. The lowest BCUT2D eigenvalue weighted by atomic mass is 10.4. The van der Waals surface area contributed by atoms with E-state index in [0.29, 0.717) is 15.8 Å². The van der Waals surface area contributed by atoms with Crippen molar-refractivity contribution in [3.63, 3.8) is 0 Å². The van der Waals surface area contributed by atoms with Gasteiger partial charge in [0.1, 0.15) is 5.65 Å². The highest BCUT2D eigenvalue weighted by atomic mass is 79.9. The van der Waals surface area contributed by atoms with Gasteiger partial charge in [-0.05, 0) is 28.1 Å². The molecule has 2 N–H and O–H groups in total. The SMILES string of the molecule is O=C(Nc1cn[nH]c1)c1nc2ccc(Br)cn2c1F. The topological polar surface area (TPSA) is 75.1 Å². The number of H-pyrrole nitrogens is 1. The van der Waals surface area contributed by atoms with Crippen LogP contribution in [0.4, 0.5) is 10.1 Å². The minimum Gasteiger partial charge on any atom is -0.318 e. The van der Waals surface area contributed by atoms with E-state index in [4.69, 9.17) is 0 Å². The number of fused-ring (bicyclic) bond motifs is 1. The minimum absolute atomic E-state index is 0.265. The van der Waals surface area contributed by atoms with Crippen LogP contribution in [0.2, 0.25) is 0 Å². The Morgan fingerprint density at radius 3 is 3.05 bits per heavy atom. The summed E-state index contributed by atoms with van der Waals surface area (Å²) in [5.41, 5.74) is 0.542. The Morgan fingerprint density at radius 2 is 2.32 bits per heavy atom. The summed E-state index contributed by atoms with van der Waals surface area (Å²) >= 11 is 3.23. The molecule has 0 aromatic carbocycles. The molecule has 0 aliphatic rings. The average molecular weight is 324 g/mol. The first-order valence-corrected chi connectivity index (χ1v) is 6.07. The van der Waals surface area contributed by atoms with Crippen molar-refractivity contribution < 1.29 is 9.18 Å². The van der Waals surface area contributed by atoms with Crippen LogP contribution in [0.15, 0.2) is 35.2 Å². The van der Waals surface area contributed by atoms with Gasteiger partial charge in [-0.25, -0.2) is 4.98 Å². The number of hydrogen-bond donors (Lipinski definition) is 2. The lowest BCUT2D eigenvalue weighted by molar-refractivity contribution is 0.101. The fourth-order valence-electron chi connectivity index (χ4n) is 1.64. The molecular weight excluding hydrogens is 317 g/mol. The zero-order valence-electron chi connectivity index (χ0n) is 9.39. The normalized spacial score (nSPS) is 10.8. The van der Waals surface area contributed by atoms with Crippen molar-refractivity contribution in [2.24, 2.45) is 0 Å². The van der Waals surface area contributed by atoms with Crippen LogP contribution >= 0.6 is 15.9 Å². The van der Waals surface area contributed by atoms with Crippen molar-refractivity contribution in [1.29, 1.82) is 0 Å². The molecule has 3 aromatic rings. The van der Waals surface area contributed by atoms with E-state index in [1.807, 2.05) is 0 Å². The van der Waals surface area contributed by atoms with Gasteiger partial charge in [0.2, 0.25) is 5.95 Å². The van der Waals surface area contributed by atoms with Crippen molar-refractivity contribution in [1.82, 2.24) is 19.6 Å². The Labute approximate surface area is 114 Å².